The number of thioether (sulfide) groups is 1. The minimum atomic E-state index is -0.506. The van der Waals surface area contributed by atoms with E-state index in [1.807, 2.05) is 0 Å². The van der Waals surface area contributed by atoms with E-state index in [2.05, 4.69) is 15.3 Å². The average molecular weight is 413 g/mol. The first kappa shape index (κ1) is 19.1. The van der Waals surface area contributed by atoms with Gasteiger partial charge in [-0.1, -0.05) is 23.4 Å². The minimum Gasteiger partial charge on any atom is -0.481 e. The van der Waals surface area contributed by atoms with Gasteiger partial charge < -0.3 is 9.30 Å². The SMILES string of the molecule is CC(Oc1ccc(F)cc1Cl)c1nnc(SCn2cc([N+](=O)[O-])cn2)n1C. The van der Waals surface area contributed by atoms with Crippen LogP contribution in [0.3, 0.4) is 0 Å². The Labute approximate surface area is 162 Å². The zero-order valence-corrected chi connectivity index (χ0v) is 15.8. The third-order valence-corrected chi connectivity index (χ3v) is 4.89. The molecular weight excluding hydrogens is 399 g/mol. The quantitative estimate of drug-likeness (QED) is 0.332. The molecule has 9 nitrogen and oxygen atoms in total. The molecule has 0 fully saturated rings. The molecule has 1 aromatic carbocycles. The van der Waals surface area contributed by atoms with E-state index < -0.39 is 16.8 Å². The highest BCUT2D eigenvalue weighted by Crippen LogP contribution is 2.30. The number of nitrogens with zero attached hydrogens (tertiary/aromatic N) is 6. The molecule has 0 radical (unpaired) electrons. The second-order valence-electron chi connectivity index (χ2n) is 5.50. The van der Waals surface area contributed by atoms with Crippen LogP contribution in [0.2, 0.25) is 5.02 Å². The van der Waals surface area contributed by atoms with Gasteiger partial charge in [0.2, 0.25) is 0 Å². The standard InChI is InChI=1S/C15H14ClFN6O3S/c1-9(26-13-4-3-10(17)5-12(13)16)14-19-20-15(21(14)2)27-8-22-7-11(6-18-22)23(24)25/h3-7,9H,8H2,1-2H3. The summed E-state index contributed by atoms with van der Waals surface area (Å²) >= 11 is 7.29. The van der Waals surface area contributed by atoms with E-state index in [4.69, 9.17) is 16.3 Å². The van der Waals surface area contributed by atoms with Gasteiger partial charge in [0.15, 0.2) is 17.1 Å². The fourth-order valence-electron chi connectivity index (χ4n) is 2.26. The first-order chi connectivity index (χ1) is 12.8. The molecule has 0 aliphatic heterocycles. The van der Waals surface area contributed by atoms with Crippen LogP contribution in [0.15, 0.2) is 35.7 Å². The van der Waals surface area contributed by atoms with Crippen molar-refractivity contribution in [3.05, 3.63) is 57.4 Å². The number of benzene rings is 1. The lowest BCUT2D eigenvalue weighted by molar-refractivity contribution is -0.385. The van der Waals surface area contributed by atoms with Gasteiger partial charge in [0.1, 0.15) is 24.0 Å². The molecule has 2 aromatic heterocycles. The number of hydrogen-bond donors (Lipinski definition) is 0. The Bertz CT molecular complexity index is 978. The van der Waals surface area contributed by atoms with Gasteiger partial charge >= 0.3 is 5.69 Å². The summed E-state index contributed by atoms with van der Waals surface area (Å²) in [4.78, 5) is 10.2. The van der Waals surface area contributed by atoms with E-state index in [0.29, 0.717) is 22.6 Å². The number of nitro groups is 1. The maximum atomic E-state index is 13.1. The fourth-order valence-corrected chi connectivity index (χ4v) is 3.25. The van der Waals surface area contributed by atoms with Crippen LogP contribution >= 0.6 is 23.4 Å². The summed E-state index contributed by atoms with van der Waals surface area (Å²) in [6.45, 7) is 1.77. The molecule has 0 amide bonds. The van der Waals surface area contributed by atoms with E-state index in [1.54, 1.807) is 18.5 Å². The lowest BCUT2D eigenvalue weighted by Crippen LogP contribution is -2.10. The average Bonchev–Trinajstić information content (AvgIpc) is 3.22. The fraction of sp³-hybridized carbons (Fsp3) is 0.267. The van der Waals surface area contributed by atoms with Gasteiger partial charge in [-0.15, -0.1) is 10.2 Å². The van der Waals surface area contributed by atoms with E-state index in [1.165, 1.54) is 47.0 Å². The van der Waals surface area contributed by atoms with Crippen LogP contribution in [0.25, 0.3) is 0 Å². The van der Waals surface area contributed by atoms with Crippen LogP contribution in [0, 0.1) is 15.9 Å². The van der Waals surface area contributed by atoms with Crippen LogP contribution in [0.4, 0.5) is 10.1 Å². The Morgan fingerprint density at radius 2 is 2.22 bits per heavy atom. The molecule has 142 valence electrons. The Morgan fingerprint density at radius 1 is 1.44 bits per heavy atom. The molecule has 0 spiro atoms. The van der Waals surface area contributed by atoms with Gasteiger partial charge in [0, 0.05) is 7.05 Å². The van der Waals surface area contributed by atoms with Crippen LogP contribution in [0.5, 0.6) is 5.75 Å². The van der Waals surface area contributed by atoms with Crippen molar-refractivity contribution < 1.29 is 14.1 Å². The van der Waals surface area contributed by atoms with Gasteiger partial charge in [-0.3, -0.25) is 14.8 Å². The molecule has 0 aliphatic rings. The predicted molar refractivity (Wildman–Crippen MR) is 96.2 cm³/mol. The third-order valence-electron chi connectivity index (χ3n) is 3.59. The van der Waals surface area contributed by atoms with Crippen molar-refractivity contribution in [2.24, 2.45) is 7.05 Å². The van der Waals surface area contributed by atoms with Crippen LogP contribution in [-0.4, -0.2) is 29.5 Å². The molecule has 0 N–H and O–H groups in total. The van der Waals surface area contributed by atoms with E-state index in [0.717, 1.165) is 0 Å². The van der Waals surface area contributed by atoms with Crippen molar-refractivity contribution in [2.45, 2.75) is 24.1 Å². The normalized spacial score (nSPS) is 12.1. The summed E-state index contributed by atoms with van der Waals surface area (Å²) in [5.74, 6) is 0.769. The topological polar surface area (TPSA) is 101 Å². The minimum absolute atomic E-state index is 0.0764. The van der Waals surface area contributed by atoms with E-state index in [9.17, 15) is 14.5 Å². The molecule has 0 bridgehead atoms. The summed E-state index contributed by atoms with van der Waals surface area (Å²) in [5.41, 5.74) is -0.0764. The monoisotopic (exact) mass is 412 g/mol. The lowest BCUT2D eigenvalue weighted by atomic mass is 10.3. The maximum absolute atomic E-state index is 13.1. The van der Waals surface area contributed by atoms with Gasteiger partial charge in [-0.05, 0) is 25.1 Å². The Kier molecular flexibility index (Phi) is 5.61. The number of aromatic nitrogens is 5. The van der Waals surface area contributed by atoms with E-state index >= 15 is 0 Å². The van der Waals surface area contributed by atoms with Gasteiger partial charge in [-0.25, -0.2) is 4.39 Å². The molecule has 27 heavy (non-hydrogen) atoms. The molecule has 0 aliphatic carbocycles. The summed E-state index contributed by atoms with van der Waals surface area (Å²) in [6.07, 6.45) is 2.04. The second kappa shape index (κ2) is 7.92. The molecule has 0 saturated heterocycles. The van der Waals surface area contributed by atoms with Crippen molar-refractivity contribution in [1.82, 2.24) is 24.5 Å². The smallest absolute Gasteiger partial charge is 0.307 e. The molecule has 1 unspecified atom stereocenters. The van der Waals surface area contributed by atoms with Gasteiger partial charge in [0.25, 0.3) is 0 Å². The van der Waals surface area contributed by atoms with Crippen molar-refractivity contribution >= 4 is 29.1 Å². The van der Waals surface area contributed by atoms with Crippen molar-refractivity contribution in [3.63, 3.8) is 0 Å². The van der Waals surface area contributed by atoms with Crippen LogP contribution < -0.4 is 4.74 Å². The molecule has 0 saturated carbocycles. The second-order valence-corrected chi connectivity index (χ2v) is 6.82. The number of rotatable bonds is 7. The van der Waals surface area contributed by atoms with Crippen LogP contribution in [0.1, 0.15) is 18.9 Å². The third kappa shape index (κ3) is 4.37. The highest BCUT2D eigenvalue weighted by molar-refractivity contribution is 7.98. The zero-order chi connectivity index (χ0) is 19.6. The largest absolute Gasteiger partial charge is 0.481 e. The predicted octanol–water partition coefficient (Wildman–Crippen LogP) is 3.60. The lowest BCUT2D eigenvalue weighted by Gasteiger charge is -2.15. The molecule has 3 aromatic rings. The Hall–Kier alpha value is -2.66. The Morgan fingerprint density at radius 3 is 2.89 bits per heavy atom. The number of ether oxygens (including phenoxy) is 1. The molecule has 12 heteroatoms. The Balaban J connectivity index is 1.67. The highest BCUT2D eigenvalue weighted by Gasteiger charge is 2.19. The molecular formula is C15H14ClFN6O3S. The van der Waals surface area contributed by atoms with Crippen molar-refractivity contribution in [1.29, 1.82) is 0 Å². The van der Waals surface area contributed by atoms with Crippen molar-refractivity contribution in [3.8, 4) is 5.75 Å². The highest BCUT2D eigenvalue weighted by atomic mass is 35.5. The van der Waals surface area contributed by atoms with Gasteiger partial charge in [0.05, 0.1) is 15.8 Å². The summed E-state index contributed by atoms with van der Waals surface area (Å²) in [5, 5.41) is 23.6. The zero-order valence-electron chi connectivity index (χ0n) is 14.2. The molecule has 3 rings (SSSR count). The van der Waals surface area contributed by atoms with Crippen LogP contribution in [-0.2, 0) is 12.9 Å². The summed E-state index contributed by atoms with van der Waals surface area (Å²) in [7, 11) is 1.77. The number of halogens is 2. The maximum Gasteiger partial charge on any atom is 0.307 e. The summed E-state index contributed by atoms with van der Waals surface area (Å²) < 4.78 is 22.1. The first-order valence-corrected chi connectivity index (χ1v) is 9.02. The van der Waals surface area contributed by atoms with Crippen molar-refractivity contribution in [2.75, 3.05) is 0 Å². The van der Waals surface area contributed by atoms with Gasteiger partial charge in [-0.2, -0.15) is 5.10 Å². The summed E-state index contributed by atoms with van der Waals surface area (Å²) in [6, 6.07) is 3.88. The number of hydrogen-bond acceptors (Lipinski definition) is 7. The molecule has 2 heterocycles. The van der Waals surface area contributed by atoms with E-state index in [-0.39, 0.29) is 10.7 Å². The first-order valence-electron chi connectivity index (χ1n) is 7.66. The molecule has 1 atom stereocenters.